The van der Waals surface area contributed by atoms with Gasteiger partial charge in [-0.3, -0.25) is 4.79 Å². The lowest BCUT2D eigenvalue weighted by molar-refractivity contribution is -0.118. The fourth-order valence-corrected chi connectivity index (χ4v) is 4.38. The van der Waals surface area contributed by atoms with Gasteiger partial charge in [0.1, 0.15) is 11.5 Å². The predicted molar refractivity (Wildman–Crippen MR) is 130 cm³/mol. The van der Waals surface area contributed by atoms with Crippen LogP contribution in [-0.2, 0) is 16.0 Å². The average molecular weight is 466 g/mol. The summed E-state index contributed by atoms with van der Waals surface area (Å²) in [5.41, 5.74) is 10.8. The highest BCUT2D eigenvalue weighted by Gasteiger charge is 2.25. The minimum Gasteiger partial charge on any atom is -0.508 e. The maximum atomic E-state index is 11.5. The minimum absolute atomic E-state index is 0.0253. The van der Waals surface area contributed by atoms with Crippen molar-refractivity contribution in [1.82, 2.24) is 5.16 Å². The number of anilines is 1. The summed E-state index contributed by atoms with van der Waals surface area (Å²) in [5.74, 6) is -0.0826. The van der Waals surface area contributed by atoms with E-state index >= 15 is 0 Å². The van der Waals surface area contributed by atoms with Crippen molar-refractivity contribution in [2.45, 2.75) is 39.5 Å². The van der Waals surface area contributed by atoms with E-state index in [2.05, 4.69) is 22.2 Å². The van der Waals surface area contributed by atoms with Gasteiger partial charge in [-0.25, -0.2) is 0 Å². The number of aromatic nitrogens is 1. The third-order valence-electron chi connectivity index (χ3n) is 6.24. The van der Waals surface area contributed by atoms with Gasteiger partial charge < -0.3 is 30.1 Å². The van der Waals surface area contributed by atoms with Crippen LogP contribution in [0.25, 0.3) is 22.5 Å². The number of morpholine rings is 1. The third-order valence-corrected chi connectivity index (χ3v) is 6.24. The number of aromatic hydroxyl groups is 2. The highest BCUT2D eigenvalue weighted by Crippen LogP contribution is 2.44. The van der Waals surface area contributed by atoms with Crippen molar-refractivity contribution in [3.05, 3.63) is 47.2 Å². The van der Waals surface area contributed by atoms with Crippen LogP contribution in [0.2, 0.25) is 0 Å². The van der Waals surface area contributed by atoms with Crippen LogP contribution in [0, 0.1) is 6.92 Å². The van der Waals surface area contributed by atoms with Crippen LogP contribution in [0.5, 0.6) is 11.5 Å². The van der Waals surface area contributed by atoms with E-state index in [1.165, 1.54) is 6.07 Å². The summed E-state index contributed by atoms with van der Waals surface area (Å²) in [7, 11) is 0. The summed E-state index contributed by atoms with van der Waals surface area (Å²) in [5, 5.41) is 25.2. The van der Waals surface area contributed by atoms with E-state index in [-0.39, 0.29) is 23.8 Å². The Balaban J connectivity index is 1.84. The number of aryl methyl sites for hydroxylation is 2. The number of primary amides is 1. The van der Waals surface area contributed by atoms with E-state index in [4.69, 9.17) is 15.0 Å². The van der Waals surface area contributed by atoms with Gasteiger partial charge in [0, 0.05) is 37.7 Å². The number of phenols is 2. The van der Waals surface area contributed by atoms with Gasteiger partial charge in [-0.05, 0) is 47.7 Å². The first-order valence-electron chi connectivity index (χ1n) is 11.5. The molecule has 34 heavy (non-hydrogen) atoms. The maximum Gasteiger partial charge on any atom is 0.217 e. The average Bonchev–Trinajstić information content (AvgIpc) is 3.21. The fourth-order valence-electron chi connectivity index (χ4n) is 4.38. The van der Waals surface area contributed by atoms with Crippen LogP contribution in [0.1, 0.15) is 43.0 Å². The number of nitrogens with two attached hydrogens (primary N) is 1. The maximum absolute atomic E-state index is 11.5. The molecule has 1 saturated heterocycles. The molecule has 0 bridgehead atoms. The lowest BCUT2D eigenvalue weighted by atomic mass is 9.91. The van der Waals surface area contributed by atoms with Crippen molar-refractivity contribution in [2.24, 2.45) is 5.73 Å². The van der Waals surface area contributed by atoms with Crippen molar-refractivity contribution in [3.63, 3.8) is 0 Å². The van der Waals surface area contributed by atoms with E-state index in [0.717, 1.165) is 29.9 Å². The topological polar surface area (TPSA) is 122 Å². The Kier molecular flexibility index (Phi) is 6.79. The number of amides is 1. The zero-order valence-corrected chi connectivity index (χ0v) is 19.8. The van der Waals surface area contributed by atoms with Crippen molar-refractivity contribution in [3.8, 4) is 33.9 Å². The molecule has 2 heterocycles. The fraction of sp³-hybridized carbons (Fsp3) is 0.385. The number of phenolic OH excluding ortho intramolecular Hbond substituents is 2. The molecule has 1 aliphatic rings. The Morgan fingerprint density at radius 3 is 2.50 bits per heavy atom. The number of hydrogen-bond donors (Lipinski definition) is 3. The summed E-state index contributed by atoms with van der Waals surface area (Å²) >= 11 is 0. The minimum atomic E-state index is -0.426. The van der Waals surface area contributed by atoms with E-state index in [1.807, 2.05) is 26.8 Å². The smallest absolute Gasteiger partial charge is 0.217 e. The number of nitrogens with zero attached hydrogens (tertiary/aromatic N) is 2. The quantitative estimate of drug-likeness (QED) is 0.480. The molecule has 0 aliphatic carbocycles. The molecule has 0 spiro atoms. The molecule has 0 radical (unpaired) electrons. The highest BCUT2D eigenvalue weighted by atomic mass is 16.5. The van der Waals surface area contributed by atoms with Crippen LogP contribution >= 0.6 is 0 Å². The normalized spacial score (nSPS) is 14.1. The molecular formula is C26H31N3O5. The van der Waals surface area contributed by atoms with E-state index in [9.17, 15) is 15.0 Å². The number of benzene rings is 2. The standard InChI is InChI=1S/C26H31N3O5/c1-15(2)19-13-20(23(31)14-22(19)30)26-25(21(28-34-26)6-7-24(27)32)18-5-4-17(12-16(18)3)29-8-10-33-11-9-29/h4-5,12-15,30-31H,6-11H2,1-3H3,(H2,27,32). The monoisotopic (exact) mass is 465 g/mol. The second-order valence-corrected chi connectivity index (χ2v) is 8.98. The number of carbonyl (C=O) groups is 1. The molecule has 1 fully saturated rings. The van der Waals surface area contributed by atoms with E-state index in [1.54, 1.807) is 6.07 Å². The van der Waals surface area contributed by atoms with Gasteiger partial charge in [0.25, 0.3) is 0 Å². The summed E-state index contributed by atoms with van der Waals surface area (Å²) in [6, 6.07) is 9.25. The zero-order chi connectivity index (χ0) is 24.4. The molecule has 180 valence electrons. The largest absolute Gasteiger partial charge is 0.508 e. The lowest BCUT2D eigenvalue weighted by Crippen LogP contribution is -2.36. The van der Waals surface area contributed by atoms with Gasteiger partial charge in [-0.2, -0.15) is 0 Å². The molecule has 8 heteroatoms. The van der Waals surface area contributed by atoms with Gasteiger partial charge in [-0.15, -0.1) is 0 Å². The highest BCUT2D eigenvalue weighted by molar-refractivity contribution is 5.87. The van der Waals surface area contributed by atoms with E-state index in [0.29, 0.717) is 47.8 Å². The zero-order valence-electron chi connectivity index (χ0n) is 19.8. The summed E-state index contributed by atoms with van der Waals surface area (Å²) < 4.78 is 11.2. The Hall–Kier alpha value is -3.52. The SMILES string of the molecule is Cc1cc(N2CCOCC2)ccc1-c1c(CCC(N)=O)noc1-c1cc(C(C)C)c(O)cc1O. The first-order chi connectivity index (χ1) is 16.3. The van der Waals surface area contributed by atoms with Crippen molar-refractivity contribution >= 4 is 11.6 Å². The molecule has 0 atom stereocenters. The first kappa shape index (κ1) is 23.6. The second kappa shape index (κ2) is 9.77. The molecule has 2 aromatic carbocycles. The van der Waals surface area contributed by atoms with Crippen LogP contribution in [0.3, 0.4) is 0 Å². The number of hydrogen-bond acceptors (Lipinski definition) is 7. The Morgan fingerprint density at radius 2 is 1.85 bits per heavy atom. The van der Waals surface area contributed by atoms with E-state index < -0.39 is 5.91 Å². The van der Waals surface area contributed by atoms with Gasteiger partial charge in [0.15, 0.2) is 5.76 Å². The number of ether oxygens (including phenoxy) is 1. The third kappa shape index (κ3) is 4.72. The Bertz CT molecular complexity index is 1200. The van der Waals surface area contributed by atoms with Gasteiger partial charge in [0.05, 0.1) is 30.0 Å². The first-order valence-corrected chi connectivity index (χ1v) is 11.5. The molecule has 4 N–H and O–H groups in total. The van der Waals surface area contributed by atoms with Crippen molar-refractivity contribution in [1.29, 1.82) is 0 Å². The Morgan fingerprint density at radius 1 is 1.12 bits per heavy atom. The molecular weight excluding hydrogens is 434 g/mol. The van der Waals surface area contributed by atoms with Crippen molar-refractivity contribution < 1.29 is 24.3 Å². The number of rotatable bonds is 7. The number of carbonyl (C=O) groups excluding carboxylic acids is 1. The molecule has 1 amide bonds. The second-order valence-electron chi connectivity index (χ2n) is 8.98. The Labute approximate surface area is 198 Å². The summed E-state index contributed by atoms with van der Waals surface area (Å²) in [6.07, 6.45) is 0.442. The molecule has 0 saturated carbocycles. The molecule has 1 aromatic heterocycles. The van der Waals surface area contributed by atoms with Gasteiger partial charge in [-0.1, -0.05) is 25.1 Å². The lowest BCUT2D eigenvalue weighted by Gasteiger charge is -2.29. The van der Waals surface area contributed by atoms with Gasteiger partial charge >= 0.3 is 0 Å². The summed E-state index contributed by atoms with van der Waals surface area (Å²) in [6.45, 7) is 9.01. The van der Waals surface area contributed by atoms with Crippen LogP contribution in [0.4, 0.5) is 5.69 Å². The molecule has 4 rings (SSSR count). The van der Waals surface area contributed by atoms with Crippen LogP contribution < -0.4 is 10.6 Å². The van der Waals surface area contributed by atoms with Crippen LogP contribution in [-0.4, -0.2) is 47.6 Å². The van der Waals surface area contributed by atoms with Crippen LogP contribution in [0.15, 0.2) is 34.9 Å². The molecule has 8 nitrogen and oxygen atoms in total. The molecule has 0 unspecified atom stereocenters. The predicted octanol–water partition coefficient (Wildman–Crippen LogP) is 4.11. The molecule has 1 aliphatic heterocycles. The van der Waals surface area contributed by atoms with Crippen molar-refractivity contribution in [2.75, 3.05) is 31.2 Å². The summed E-state index contributed by atoms with van der Waals surface area (Å²) in [4.78, 5) is 13.8. The molecule has 3 aromatic rings. The van der Waals surface area contributed by atoms with Gasteiger partial charge in [0.2, 0.25) is 5.91 Å².